The lowest BCUT2D eigenvalue weighted by Gasteiger charge is -1.86. The molecule has 10 heavy (non-hydrogen) atoms. The number of hydrogen-bond acceptors (Lipinski definition) is 3. The van der Waals surface area contributed by atoms with Gasteiger partial charge in [-0.05, 0) is 18.3 Å². The minimum absolute atomic E-state index is 0. The quantitative estimate of drug-likeness (QED) is 0.329. The lowest BCUT2D eigenvalue weighted by Crippen LogP contribution is -3.00. The van der Waals surface area contributed by atoms with E-state index in [0.717, 1.165) is 5.69 Å². The average Bonchev–Trinajstić information content (AvgIpc) is 1.98. The Morgan fingerprint density at radius 2 is 1.90 bits per heavy atom. The number of nitrogen functional groups attached to an aromatic ring is 2. The van der Waals surface area contributed by atoms with Gasteiger partial charge in [0, 0.05) is 6.92 Å². The molecular formula is C5H10ClN3S. The second-order valence-electron chi connectivity index (χ2n) is 1.95. The molecule has 0 saturated carbocycles. The van der Waals surface area contributed by atoms with E-state index in [1.54, 1.807) is 0 Å². The Labute approximate surface area is 70.0 Å². The van der Waals surface area contributed by atoms with E-state index in [4.69, 9.17) is 11.6 Å². The van der Waals surface area contributed by atoms with Gasteiger partial charge in [-0.3, -0.25) is 11.6 Å². The van der Waals surface area contributed by atoms with E-state index < -0.39 is 0 Å². The standard InChI is InChI=1S/C5H9N3S.ClH/c1-3-4(2)9-5(6)8(3)7;/h6H,7H2,1-2H3;1H. The number of aromatic nitrogens is 1. The topological polar surface area (TPSA) is 55.9 Å². The zero-order chi connectivity index (χ0) is 7.02. The molecule has 0 bridgehead atoms. The maximum atomic E-state index is 5.50. The van der Waals surface area contributed by atoms with Crippen LogP contribution in [0, 0.1) is 13.8 Å². The molecule has 0 amide bonds. The first-order chi connectivity index (χ1) is 4.13. The van der Waals surface area contributed by atoms with Crippen LogP contribution in [0.25, 0.3) is 0 Å². The smallest absolute Gasteiger partial charge is 0.355 e. The van der Waals surface area contributed by atoms with E-state index in [1.165, 1.54) is 20.9 Å². The number of halogens is 1. The van der Waals surface area contributed by atoms with Crippen LogP contribution in [0.1, 0.15) is 10.6 Å². The number of rotatable bonds is 0. The van der Waals surface area contributed by atoms with Crippen molar-refractivity contribution in [3.05, 3.63) is 10.6 Å². The van der Waals surface area contributed by atoms with Crippen LogP contribution in [0.2, 0.25) is 0 Å². The van der Waals surface area contributed by atoms with Gasteiger partial charge in [-0.1, -0.05) is 0 Å². The van der Waals surface area contributed by atoms with Crippen molar-refractivity contribution in [3.8, 4) is 0 Å². The molecule has 0 spiro atoms. The van der Waals surface area contributed by atoms with Crippen molar-refractivity contribution in [2.45, 2.75) is 13.8 Å². The number of nitrogens with two attached hydrogens (primary N) is 2. The fourth-order valence-electron chi connectivity index (χ4n) is 0.615. The molecule has 1 aromatic heterocycles. The minimum Gasteiger partial charge on any atom is -1.00 e. The number of aryl methyl sites for hydroxylation is 1. The van der Waals surface area contributed by atoms with Gasteiger partial charge in [0.15, 0.2) is 0 Å². The van der Waals surface area contributed by atoms with E-state index >= 15 is 0 Å². The third-order valence-electron chi connectivity index (χ3n) is 1.37. The predicted molar refractivity (Wildman–Crippen MR) is 38.6 cm³/mol. The summed E-state index contributed by atoms with van der Waals surface area (Å²) in [5, 5.41) is 0.657. The summed E-state index contributed by atoms with van der Waals surface area (Å²) >= 11 is 1.51. The minimum atomic E-state index is 0. The van der Waals surface area contributed by atoms with Gasteiger partial charge in [-0.15, -0.1) is 4.68 Å². The van der Waals surface area contributed by atoms with Crippen LogP contribution in [0.5, 0.6) is 0 Å². The van der Waals surface area contributed by atoms with Gasteiger partial charge in [0.2, 0.25) is 0 Å². The molecule has 0 unspecified atom stereocenters. The van der Waals surface area contributed by atoms with Gasteiger partial charge in [0.1, 0.15) is 5.69 Å². The highest BCUT2D eigenvalue weighted by atomic mass is 35.5. The maximum absolute atomic E-state index is 5.50. The zero-order valence-corrected chi connectivity index (χ0v) is 7.46. The zero-order valence-electron chi connectivity index (χ0n) is 5.89. The second-order valence-corrected chi connectivity index (χ2v) is 3.19. The van der Waals surface area contributed by atoms with Gasteiger partial charge in [-0.2, -0.15) is 0 Å². The van der Waals surface area contributed by atoms with Crippen LogP contribution in [0.3, 0.4) is 0 Å². The van der Waals surface area contributed by atoms with Gasteiger partial charge < -0.3 is 12.4 Å². The van der Waals surface area contributed by atoms with Gasteiger partial charge in [0.25, 0.3) is 0 Å². The molecule has 0 aliphatic rings. The molecule has 4 N–H and O–H groups in total. The van der Waals surface area contributed by atoms with Gasteiger partial charge in [0.05, 0.1) is 4.88 Å². The fourth-order valence-corrected chi connectivity index (χ4v) is 1.41. The first kappa shape index (κ1) is 9.52. The van der Waals surface area contributed by atoms with Crippen molar-refractivity contribution in [3.63, 3.8) is 0 Å². The van der Waals surface area contributed by atoms with Crippen LogP contribution >= 0.6 is 11.3 Å². The first-order valence-corrected chi connectivity index (χ1v) is 3.47. The molecule has 1 aromatic rings. The Hall–Kier alpha value is -0.480. The van der Waals surface area contributed by atoms with Crippen LogP contribution in [-0.2, 0) is 0 Å². The normalized spacial score (nSPS) is 9.00. The Morgan fingerprint density at radius 1 is 1.40 bits per heavy atom. The maximum Gasteiger partial charge on any atom is 0.355 e. The number of anilines is 1. The van der Waals surface area contributed by atoms with Crippen molar-refractivity contribution in [2.75, 3.05) is 11.6 Å². The molecule has 1 rings (SSSR count). The fraction of sp³-hybridized carbons (Fsp3) is 0.400. The van der Waals surface area contributed by atoms with Gasteiger partial charge >= 0.3 is 5.13 Å². The summed E-state index contributed by atoms with van der Waals surface area (Å²) in [6, 6.07) is 0. The largest absolute Gasteiger partial charge is 1.00 e. The molecule has 1 heterocycles. The molecule has 58 valence electrons. The highest BCUT2D eigenvalue weighted by Gasteiger charge is 2.10. The highest BCUT2D eigenvalue weighted by Crippen LogP contribution is 2.13. The first-order valence-electron chi connectivity index (χ1n) is 2.65. The lowest BCUT2D eigenvalue weighted by atomic mass is 10.4. The molecule has 0 atom stereocenters. The predicted octanol–water partition coefficient (Wildman–Crippen LogP) is -3.05. The average molecular weight is 180 g/mol. The van der Waals surface area contributed by atoms with E-state index in [-0.39, 0.29) is 12.4 Å². The molecule has 0 aliphatic heterocycles. The van der Waals surface area contributed by atoms with Crippen LogP contribution in [0.15, 0.2) is 0 Å². The van der Waals surface area contributed by atoms with Gasteiger partial charge in [-0.25, -0.2) is 0 Å². The van der Waals surface area contributed by atoms with E-state index in [0.29, 0.717) is 5.13 Å². The molecule has 0 fully saturated rings. The van der Waals surface area contributed by atoms with Crippen molar-refractivity contribution in [1.29, 1.82) is 0 Å². The summed E-state index contributed by atoms with van der Waals surface area (Å²) in [5.41, 5.74) is 6.54. The summed E-state index contributed by atoms with van der Waals surface area (Å²) in [4.78, 5) is 1.18. The highest BCUT2D eigenvalue weighted by molar-refractivity contribution is 7.15. The van der Waals surface area contributed by atoms with Crippen molar-refractivity contribution in [2.24, 2.45) is 0 Å². The number of nitrogens with zero attached hydrogens (tertiary/aromatic N) is 1. The third kappa shape index (κ3) is 1.33. The van der Waals surface area contributed by atoms with E-state index in [2.05, 4.69) is 0 Å². The lowest BCUT2D eigenvalue weighted by molar-refractivity contribution is -0.626. The van der Waals surface area contributed by atoms with E-state index in [1.807, 2.05) is 13.8 Å². The molecule has 0 aliphatic carbocycles. The molecular weight excluding hydrogens is 170 g/mol. The Morgan fingerprint density at radius 3 is 2.00 bits per heavy atom. The van der Waals surface area contributed by atoms with Crippen LogP contribution in [0.4, 0.5) is 5.13 Å². The number of hydrogen-bond donors (Lipinski definition) is 2. The van der Waals surface area contributed by atoms with Crippen LogP contribution < -0.4 is 28.7 Å². The van der Waals surface area contributed by atoms with Crippen LogP contribution in [-0.4, -0.2) is 0 Å². The molecule has 0 aromatic carbocycles. The summed E-state index contributed by atoms with van der Waals surface area (Å²) in [6.07, 6.45) is 0. The molecule has 0 radical (unpaired) electrons. The Balaban J connectivity index is 0.000000810. The summed E-state index contributed by atoms with van der Waals surface area (Å²) < 4.78 is 1.50. The molecule has 3 nitrogen and oxygen atoms in total. The van der Waals surface area contributed by atoms with Crippen molar-refractivity contribution >= 4 is 16.5 Å². The monoisotopic (exact) mass is 179 g/mol. The Kier molecular flexibility index (Phi) is 2.93. The number of thiazole rings is 1. The Bertz CT molecular complexity index is 211. The summed E-state index contributed by atoms with van der Waals surface area (Å²) in [6.45, 7) is 3.95. The second kappa shape index (κ2) is 3.07. The van der Waals surface area contributed by atoms with Crippen molar-refractivity contribution < 1.29 is 17.1 Å². The summed E-state index contributed by atoms with van der Waals surface area (Å²) in [7, 11) is 0. The molecule has 0 saturated heterocycles. The van der Waals surface area contributed by atoms with E-state index in [9.17, 15) is 0 Å². The van der Waals surface area contributed by atoms with Crippen molar-refractivity contribution in [1.82, 2.24) is 0 Å². The molecule has 5 heteroatoms. The summed E-state index contributed by atoms with van der Waals surface area (Å²) in [5.74, 6) is 5.50. The third-order valence-corrected chi connectivity index (χ3v) is 2.37. The SMILES string of the molecule is Cc1sc(N)[n+](N)c1C.[Cl-].